The maximum Gasteiger partial charge on any atom is 0.147 e. The Balaban J connectivity index is 3.61. The van der Waals surface area contributed by atoms with E-state index in [9.17, 15) is 9.59 Å². The third-order valence-electron chi connectivity index (χ3n) is 2.51. The average Bonchev–Trinajstić information content (AvgIpc) is 2.16. The molecule has 0 aliphatic carbocycles. The van der Waals surface area contributed by atoms with E-state index in [1.165, 1.54) is 0 Å². The van der Waals surface area contributed by atoms with Crippen molar-refractivity contribution in [2.75, 3.05) is 18.6 Å². The van der Waals surface area contributed by atoms with Gasteiger partial charge < -0.3 is 5.32 Å². The topological polar surface area (TPSA) is 46.2 Å². The van der Waals surface area contributed by atoms with Crippen LogP contribution in [0.5, 0.6) is 0 Å². The summed E-state index contributed by atoms with van der Waals surface area (Å²) in [7, 11) is 1.80. The molecule has 0 spiro atoms. The molecule has 1 N–H and O–H groups in total. The number of carbonyl (C=O) groups is 2. The summed E-state index contributed by atoms with van der Waals surface area (Å²) in [6.07, 6.45) is 0.897. The van der Waals surface area contributed by atoms with E-state index in [2.05, 4.69) is 5.32 Å². The fraction of sp³-hybridized carbons (Fsp3) is 0.818. The van der Waals surface area contributed by atoms with Crippen LogP contribution in [0.1, 0.15) is 27.2 Å². The monoisotopic (exact) mass is 231 g/mol. The first-order chi connectivity index (χ1) is 6.99. The standard InChI is InChI=1S/C11H21NO2S/c1-8(9(2)13)5-6-15-7-11(12-4)10(3)14/h8,11-12H,5-7H2,1-4H3/t8-,11-/m0/s1. The summed E-state index contributed by atoms with van der Waals surface area (Å²) in [4.78, 5) is 22.0. The minimum Gasteiger partial charge on any atom is -0.310 e. The van der Waals surface area contributed by atoms with Gasteiger partial charge in [-0.15, -0.1) is 0 Å². The van der Waals surface area contributed by atoms with Crippen molar-refractivity contribution in [2.24, 2.45) is 5.92 Å². The van der Waals surface area contributed by atoms with E-state index in [0.29, 0.717) is 0 Å². The van der Waals surface area contributed by atoms with Crippen molar-refractivity contribution in [3.63, 3.8) is 0 Å². The van der Waals surface area contributed by atoms with Crippen LogP contribution in [-0.2, 0) is 9.59 Å². The quantitative estimate of drug-likeness (QED) is 0.643. The normalized spacial score (nSPS) is 14.7. The maximum atomic E-state index is 11.1. The van der Waals surface area contributed by atoms with Gasteiger partial charge in [0.2, 0.25) is 0 Å². The highest BCUT2D eigenvalue weighted by atomic mass is 32.2. The van der Waals surface area contributed by atoms with Crippen molar-refractivity contribution in [3.8, 4) is 0 Å². The molecule has 3 nitrogen and oxygen atoms in total. The minimum absolute atomic E-state index is 0.0531. The number of hydrogen-bond acceptors (Lipinski definition) is 4. The predicted octanol–water partition coefficient (Wildman–Crippen LogP) is 1.51. The highest BCUT2D eigenvalue weighted by Gasteiger charge is 2.12. The number of nitrogens with one attached hydrogen (secondary N) is 1. The Morgan fingerprint density at radius 1 is 1.27 bits per heavy atom. The molecule has 0 aliphatic heterocycles. The molecule has 4 heteroatoms. The second-order valence-corrected chi connectivity index (χ2v) is 4.98. The van der Waals surface area contributed by atoms with Gasteiger partial charge in [0.15, 0.2) is 0 Å². The first-order valence-electron chi connectivity index (χ1n) is 5.25. The van der Waals surface area contributed by atoms with Crippen LogP contribution in [0, 0.1) is 5.92 Å². The van der Waals surface area contributed by atoms with Gasteiger partial charge in [0.05, 0.1) is 6.04 Å². The van der Waals surface area contributed by atoms with E-state index in [-0.39, 0.29) is 23.5 Å². The van der Waals surface area contributed by atoms with Crippen molar-refractivity contribution in [1.29, 1.82) is 0 Å². The number of Topliss-reactive ketones (excluding diaryl/α,β-unsaturated/α-hetero) is 2. The van der Waals surface area contributed by atoms with E-state index in [1.54, 1.807) is 32.7 Å². The predicted molar refractivity (Wildman–Crippen MR) is 65.3 cm³/mol. The lowest BCUT2D eigenvalue weighted by molar-refractivity contribution is -0.120. The highest BCUT2D eigenvalue weighted by Crippen LogP contribution is 2.11. The molecule has 0 heterocycles. The number of ketones is 2. The lowest BCUT2D eigenvalue weighted by Gasteiger charge is -2.12. The van der Waals surface area contributed by atoms with Gasteiger partial charge in [0.25, 0.3) is 0 Å². The second kappa shape index (κ2) is 7.88. The molecular formula is C11H21NO2S. The van der Waals surface area contributed by atoms with Crippen LogP contribution < -0.4 is 5.32 Å². The van der Waals surface area contributed by atoms with Crippen LogP contribution >= 0.6 is 11.8 Å². The molecule has 0 fully saturated rings. The highest BCUT2D eigenvalue weighted by molar-refractivity contribution is 7.99. The Labute approximate surface area is 96.4 Å². The molecule has 0 aromatic rings. The van der Waals surface area contributed by atoms with E-state index in [4.69, 9.17) is 0 Å². The fourth-order valence-electron chi connectivity index (χ4n) is 1.07. The molecule has 0 amide bonds. The molecule has 0 rings (SSSR count). The average molecular weight is 231 g/mol. The van der Waals surface area contributed by atoms with Crippen molar-refractivity contribution in [1.82, 2.24) is 5.32 Å². The summed E-state index contributed by atoms with van der Waals surface area (Å²) in [6.45, 7) is 5.17. The molecule has 0 aliphatic rings. The van der Waals surface area contributed by atoms with Crippen molar-refractivity contribution < 1.29 is 9.59 Å². The molecule has 0 aromatic heterocycles. The molecular weight excluding hydrogens is 210 g/mol. The van der Waals surface area contributed by atoms with Crippen LogP contribution in [0.15, 0.2) is 0 Å². The van der Waals surface area contributed by atoms with Gasteiger partial charge in [-0.3, -0.25) is 9.59 Å². The Morgan fingerprint density at radius 3 is 2.27 bits per heavy atom. The third kappa shape index (κ3) is 6.68. The Kier molecular flexibility index (Phi) is 7.70. The van der Waals surface area contributed by atoms with Gasteiger partial charge in [-0.2, -0.15) is 11.8 Å². The van der Waals surface area contributed by atoms with Crippen molar-refractivity contribution >= 4 is 23.3 Å². The summed E-state index contributed by atoms with van der Waals surface area (Å²) in [5.41, 5.74) is 0. The van der Waals surface area contributed by atoms with Crippen LogP contribution in [0.2, 0.25) is 0 Å². The number of likely N-dealkylation sites (N-methyl/N-ethyl adjacent to an activating group) is 1. The summed E-state index contributed by atoms with van der Waals surface area (Å²) in [6, 6.07) is -0.0531. The molecule has 88 valence electrons. The number of thioether (sulfide) groups is 1. The summed E-state index contributed by atoms with van der Waals surface area (Å²) in [5.74, 6) is 2.28. The zero-order valence-corrected chi connectivity index (χ0v) is 10.8. The molecule has 2 atom stereocenters. The van der Waals surface area contributed by atoms with Crippen molar-refractivity contribution in [3.05, 3.63) is 0 Å². The lowest BCUT2D eigenvalue weighted by Crippen LogP contribution is -2.34. The smallest absolute Gasteiger partial charge is 0.147 e. The zero-order chi connectivity index (χ0) is 11.8. The lowest BCUT2D eigenvalue weighted by atomic mass is 10.1. The number of carbonyl (C=O) groups excluding carboxylic acids is 2. The third-order valence-corrected chi connectivity index (χ3v) is 3.61. The first-order valence-corrected chi connectivity index (χ1v) is 6.40. The van der Waals surface area contributed by atoms with Crippen LogP contribution in [0.4, 0.5) is 0 Å². The van der Waals surface area contributed by atoms with Crippen molar-refractivity contribution in [2.45, 2.75) is 33.2 Å². The van der Waals surface area contributed by atoms with E-state index >= 15 is 0 Å². The Morgan fingerprint density at radius 2 is 1.87 bits per heavy atom. The number of rotatable bonds is 8. The SMILES string of the molecule is CN[C@@H](CSCC[C@H](C)C(C)=O)C(C)=O. The largest absolute Gasteiger partial charge is 0.310 e. The number of hydrogen-bond donors (Lipinski definition) is 1. The van der Waals surface area contributed by atoms with E-state index in [0.717, 1.165) is 17.9 Å². The van der Waals surface area contributed by atoms with Crippen LogP contribution in [0.25, 0.3) is 0 Å². The van der Waals surface area contributed by atoms with E-state index in [1.807, 2.05) is 6.92 Å². The maximum absolute atomic E-state index is 11.1. The molecule has 0 saturated carbocycles. The molecule has 15 heavy (non-hydrogen) atoms. The minimum atomic E-state index is -0.0531. The second-order valence-electron chi connectivity index (χ2n) is 3.83. The van der Waals surface area contributed by atoms with Gasteiger partial charge in [-0.05, 0) is 33.1 Å². The molecule has 0 radical (unpaired) electrons. The summed E-state index contributed by atoms with van der Waals surface area (Å²) < 4.78 is 0. The van der Waals surface area contributed by atoms with Gasteiger partial charge in [0.1, 0.15) is 11.6 Å². The van der Waals surface area contributed by atoms with Gasteiger partial charge in [-0.1, -0.05) is 6.92 Å². The zero-order valence-electron chi connectivity index (χ0n) is 10.0. The van der Waals surface area contributed by atoms with Crippen LogP contribution in [-0.4, -0.2) is 36.2 Å². The van der Waals surface area contributed by atoms with Gasteiger partial charge in [0, 0.05) is 11.7 Å². The molecule has 0 unspecified atom stereocenters. The fourth-order valence-corrected chi connectivity index (χ4v) is 2.39. The summed E-state index contributed by atoms with van der Waals surface area (Å²) in [5, 5.41) is 2.98. The molecule has 0 saturated heterocycles. The molecule has 0 bridgehead atoms. The Bertz CT molecular complexity index is 219. The Hall–Kier alpha value is -0.350. The molecule has 0 aromatic carbocycles. The van der Waals surface area contributed by atoms with Crippen LogP contribution in [0.3, 0.4) is 0 Å². The van der Waals surface area contributed by atoms with Gasteiger partial charge in [-0.25, -0.2) is 0 Å². The summed E-state index contributed by atoms with van der Waals surface area (Å²) >= 11 is 1.72. The van der Waals surface area contributed by atoms with E-state index < -0.39 is 0 Å². The van der Waals surface area contributed by atoms with Gasteiger partial charge >= 0.3 is 0 Å². The first kappa shape index (κ1) is 14.6.